The third kappa shape index (κ3) is 1.80. The average Bonchev–Trinajstić information content (AvgIpc) is 3.29. The number of benzene rings is 1. The van der Waals surface area contributed by atoms with E-state index in [-0.39, 0.29) is 42.3 Å². The van der Waals surface area contributed by atoms with Crippen molar-refractivity contribution in [2.75, 3.05) is 6.79 Å². The molecule has 0 radical (unpaired) electrons. The van der Waals surface area contributed by atoms with Crippen molar-refractivity contribution in [2.24, 2.45) is 40.6 Å². The number of rotatable bonds is 2. The molecule has 2 heterocycles. The lowest BCUT2D eigenvalue weighted by molar-refractivity contribution is -0.140. The topological polar surface area (TPSA) is 68.2 Å². The summed E-state index contributed by atoms with van der Waals surface area (Å²) in [4.78, 5) is 25.8. The summed E-state index contributed by atoms with van der Waals surface area (Å²) in [6.45, 7) is 0.150. The molecule has 26 heavy (non-hydrogen) atoms. The maximum atomic E-state index is 12.9. The summed E-state index contributed by atoms with van der Waals surface area (Å²) in [6.07, 6.45) is 6.89. The van der Waals surface area contributed by atoms with Crippen LogP contribution in [0.4, 0.5) is 0 Å². The molecule has 0 N–H and O–H groups in total. The highest BCUT2D eigenvalue weighted by Crippen LogP contribution is 2.65. The second kappa shape index (κ2) is 4.88. The van der Waals surface area contributed by atoms with Gasteiger partial charge in [0.25, 0.3) is 11.8 Å². The van der Waals surface area contributed by atoms with Crippen LogP contribution >= 0.6 is 11.6 Å². The third-order valence-corrected chi connectivity index (χ3v) is 6.77. The van der Waals surface area contributed by atoms with Crippen LogP contribution in [-0.4, -0.2) is 29.8 Å². The molecule has 3 fully saturated rings. The number of nitrogens with zero attached hydrogens (tertiary/aromatic N) is 2. The van der Waals surface area contributed by atoms with Gasteiger partial charge in [-0.2, -0.15) is 10.1 Å². The van der Waals surface area contributed by atoms with Crippen LogP contribution in [0.25, 0.3) is 0 Å². The zero-order chi connectivity index (χ0) is 17.6. The Kier molecular flexibility index (Phi) is 2.78. The van der Waals surface area contributed by atoms with Gasteiger partial charge >= 0.3 is 0 Å². The number of carbonyl (C=O) groups excluding carboxylic acids is 2. The zero-order valence-electron chi connectivity index (χ0n) is 13.7. The largest absolute Gasteiger partial charge is 0.454 e. The van der Waals surface area contributed by atoms with Crippen LogP contribution in [0.1, 0.15) is 12.0 Å². The van der Waals surface area contributed by atoms with E-state index in [9.17, 15) is 9.59 Å². The standard InChI is InChI=1S/C19H15ClN2O4/c20-13-5-15-14(25-7-26-15)3-8(13)6-21-22-18(23)16-9-1-2-10(12-4-11(9)12)17(16)19(22)24/h1-3,5-6,9-12,16-17H,4,7H2/t9-,10-,11-,12-,16-,17+/m0/s1. The molecule has 1 aromatic carbocycles. The fraction of sp³-hybridized carbons (Fsp3) is 0.421. The first-order valence-electron chi connectivity index (χ1n) is 8.83. The molecular weight excluding hydrogens is 356 g/mol. The molecule has 7 rings (SSSR count). The van der Waals surface area contributed by atoms with Crippen molar-refractivity contribution in [3.63, 3.8) is 0 Å². The number of hydrogen-bond donors (Lipinski definition) is 0. The summed E-state index contributed by atoms with van der Waals surface area (Å²) in [6, 6.07) is 3.35. The van der Waals surface area contributed by atoms with Crippen molar-refractivity contribution in [1.29, 1.82) is 0 Å². The van der Waals surface area contributed by atoms with Crippen molar-refractivity contribution in [1.82, 2.24) is 5.01 Å². The Morgan fingerprint density at radius 2 is 1.65 bits per heavy atom. The highest BCUT2D eigenvalue weighted by Gasteiger charge is 2.67. The molecule has 2 bridgehead atoms. The van der Waals surface area contributed by atoms with E-state index in [0.717, 1.165) is 11.4 Å². The first kappa shape index (κ1) is 14.8. The Morgan fingerprint density at radius 3 is 2.31 bits per heavy atom. The number of fused-ring (bicyclic) bond motifs is 1. The Balaban J connectivity index is 1.32. The molecule has 6 atom stereocenters. The molecule has 0 spiro atoms. The molecular formula is C19H15ClN2O4. The number of ether oxygens (including phenoxy) is 2. The molecule has 1 aromatic rings. The molecule has 2 amide bonds. The maximum absolute atomic E-state index is 12.9. The molecule has 0 unspecified atom stereocenters. The van der Waals surface area contributed by atoms with Crippen molar-refractivity contribution in [3.05, 3.63) is 34.9 Å². The van der Waals surface area contributed by atoms with Gasteiger partial charge in [0.15, 0.2) is 11.5 Å². The van der Waals surface area contributed by atoms with Gasteiger partial charge in [-0.05, 0) is 36.2 Å². The van der Waals surface area contributed by atoms with Gasteiger partial charge in [0.1, 0.15) is 0 Å². The van der Waals surface area contributed by atoms with Crippen molar-refractivity contribution in [3.8, 4) is 11.5 Å². The average molecular weight is 371 g/mol. The second-order valence-electron chi connectivity index (χ2n) is 7.61. The quantitative estimate of drug-likeness (QED) is 0.455. The lowest BCUT2D eigenvalue weighted by Gasteiger charge is -2.37. The van der Waals surface area contributed by atoms with Gasteiger partial charge in [-0.25, -0.2) is 0 Å². The summed E-state index contributed by atoms with van der Waals surface area (Å²) in [5, 5.41) is 5.68. The first-order valence-corrected chi connectivity index (χ1v) is 9.20. The first-order chi connectivity index (χ1) is 12.6. The molecule has 0 aromatic heterocycles. The summed E-state index contributed by atoms with van der Waals surface area (Å²) in [7, 11) is 0. The summed E-state index contributed by atoms with van der Waals surface area (Å²) < 4.78 is 10.6. The van der Waals surface area contributed by atoms with E-state index in [4.69, 9.17) is 21.1 Å². The molecule has 6 nitrogen and oxygen atoms in total. The van der Waals surface area contributed by atoms with Gasteiger partial charge in [0.2, 0.25) is 6.79 Å². The monoisotopic (exact) mass is 370 g/mol. The van der Waals surface area contributed by atoms with E-state index in [2.05, 4.69) is 17.3 Å². The smallest absolute Gasteiger partial charge is 0.254 e. The van der Waals surface area contributed by atoms with Crippen LogP contribution in [0.15, 0.2) is 29.4 Å². The van der Waals surface area contributed by atoms with Crippen molar-refractivity contribution >= 4 is 29.6 Å². The second-order valence-corrected chi connectivity index (χ2v) is 8.02. The van der Waals surface area contributed by atoms with Gasteiger partial charge in [0, 0.05) is 11.6 Å². The zero-order valence-corrected chi connectivity index (χ0v) is 14.4. The molecule has 6 aliphatic rings. The van der Waals surface area contributed by atoms with E-state index in [0.29, 0.717) is 33.9 Å². The van der Waals surface area contributed by atoms with Crippen LogP contribution in [0.5, 0.6) is 11.5 Å². The fourth-order valence-electron chi connectivity index (χ4n) is 5.21. The number of imide groups is 1. The summed E-state index contributed by atoms with van der Waals surface area (Å²) >= 11 is 6.24. The summed E-state index contributed by atoms with van der Waals surface area (Å²) in [5.41, 5.74) is 0.579. The normalized spacial score (nSPS) is 38.3. The predicted octanol–water partition coefficient (Wildman–Crippen LogP) is 2.46. The summed E-state index contributed by atoms with van der Waals surface area (Å²) in [5.74, 6) is 1.85. The van der Waals surface area contributed by atoms with E-state index < -0.39 is 0 Å². The molecule has 132 valence electrons. The Labute approximate surface area is 154 Å². The van der Waals surface area contributed by atoms with E-state index >= 15 is 0 Å². The van der Waals surface area contributed by atoms with Crippen LogP contribution in [0.2, 0.25) is 5.02 Å². The Morgan fingerprint density at radius 1 is 1.04 bits per heavy atom. The lowest BCUT2D eigenvalue weighted by atomic mass is 9.63. The van der Waals surface area contributed by atoms with Gasteiger partial charge in [0.05, 0.1) is 23.1 Å². The van der Waals surface area contributed by atoms with E-state index in [1.807, 2.05) is 0 Å². The number of allylic oxidation sites excluding steroid dienone is 2. The number of amides is 2. The SMILES string of the molecule is O=C1[C@@H]2[C@H]3C=C[C@@H]([C@@H]4C[C@@H]34)[C@@H]2C(=O)N1N=Cc1cc2c(cc1Cl)OCO2. The molecule has 1 saturated heterocycles. The number of hydrazone groups is 1. The van der Waals surface area contributed by atoms with Gasteiger partial charge < -0.3 is 9.47 Å². The van der Waals surface area contributed by atoms with Crippen molar-refractivity contribution in [2.45, 2.75) is 6.42 Å². The third-order valence-electron chi connectivity index (χ3n) is 6.44. The minimum Gasteiger partial charge on any atom is -0.454 e. The highest BCUT2D eigenvalue weighted by atomic mass is 35.5. The number of carbonyl (C=O) groups is 2. The molecule has 2 saturated carbocycles. The van der Waals surface area contributed by atoms with E-state index in [1.54, 1.807) is 12.1 Å². The number of hydrogen-bond acceptors (Lipinski definition) is 5. The highest BCUT2D eigenvalue weighted by molar-refractivity contribution is 6.33. The Hall–Kier alpha value is -2.34. The lowest BCUT2D eigenvalue weighted by Crippen LogP contribution is -2.40. The van der Waals surface area contributed by atoms with Gasteiger partial charge in [-0.15, -0.1) is 0 Å². The fourth-order valence-corrected chi connectivity index (χ4v) is 5.41. The molecule has 2 aliphatic heterocycles. The van der Waals surface area contributed by atoms with Crippen LogP contribution in [0.3, 0.4) is 0 Å². The Bertz CT molecular complexity index is 890. The minimum atomic E-state index is -0.245. The maximum Gasteiger partial charge on any atom is 0.254 e. The van der Waals surface area contributed by atoms with Gasteiger partial charge in [-0.1, -0.05) is 23.8 Å². The predicted molar refractivity (Wildman–Crippen MR) is 91.7 cm³/mol. The van der Waals surface area contributed by atoms with Gasteiger partial charge in [-0.3, -0.25) is 9.59 Å². The van der Waals surface area contributed by atoms with Crippen molar-refractivity contribution < 1.29 is 19.1 Å². The van der Waals surface area contributed by atoms with Crippen LogP contribution in [-0.2, 0) is 9.59 Å². The number of halogens is 1. The van der Waals surface area contributed by atoms with E-state index in [1.165, 1.54) is 6.21 Å². The molecule has 7 heteroatoms. The van der Waals surface area contributed by atoms with Crippen LogP contribution in [0, 0.1) is 35.5 Å². The van der Waals surface area contributed by atoms with Crippen LogP contribution < -0.4 is 9.47 Å². The molecule has 4 aliphatic carbocycles. The minimum absolute atomic E-state index is 0.150.